The van der Waals surface area contributed by atoms with Gasteiger partial charge < -0.3 is 19.5 Å². The number of aromatic nitrogens is 1. The molecule has 0 unspecified atom stereocenters. The van der Waals surface area contributed by atoms with Crippen molar-refractivity contribution in [3.05, 3.63) is 76.9 Å². The number of aliphatic hydroxyl groups excluding tert-OH is 1. The molecular weight excluding hydrogens is 400 g/mol. The van der Waals surface area contributed by atoms with Gasteiger partial charge in [-0.3, -0.25) is 0 Å². The number of anilines is 1. The fourth-order valence-corrected chi connectivity index (χ4v) is 3.88. The standard InChI is InChI=1S/C24H25ClN2O3/c1-2-17-6-3-4-8-23(17)29-19-10-9-18(16-28)22(14-19)27-13-11-20(15-27)30-24-21(25)7-5-12-26-24/h3-10,12,14,20,28H,2,11,13,15-16H2,1H3/t20-/m0/s1. The van der Waals surface area contributed by atoms with Crippen LogP contribution in [0.25, 0.3) is 0 Å². The minimum absolute atomic E-state index is 0.0191. The minimum Gasteiger partial charge on any atom is -0.471 e. The third-order valence-corrected chi connectivity index (χ3v) is 5.58. The predicted octanol–water partition coefficient (Wildman–Crippen LogP) is 5.24. The zero-order chi connectivity index (χ0) is 20.9. The molecule has 4 rings (SSSR count). The van der Waals surface area contributed by atoms with Crippen LogP contribution >= 0.6 is 11.6 Å². The SMILES string of the molecule is CCc1ccccc1Oc1ccc(CO)c(N2CC[C@H](Oc3ncccc3Cl)C2)c1. The Morgan fingerprint density at radius 3 is 2.80 bits per heavy atom. The van der Waals surface area contributed by atoms with Gasteiger partial charge in [-0.15, -0.1) is 0 Å². The molecule has 2 heterocycles. The van der Waals surface area contributed by atoms with E-state index < -0.39 is 0 Å². The number of hydrogen-bond donors (Lipinski definition) is 1. The monoisotopic (exact) mass is 424 g/mol. The zero-order valence-corrected chi connectivity index (χ0v) is 17.7. The summed E-state index contributed by atoms with van der Waals surface area (Å²) in [5.41, 5.74) is 2.98. The highest BCUT2D eigenvalue weighted by Crippen LogP contribution is 2.33. The predicted molar refractivity (Wildman–Crippen MR) is 119 cm³/mol. The van der Waals surface area contributed by atoms with E-state index in [-0.39, 0.29) is 12.7 Å². The Balaban J connectivity index is 1.52. The summed E-state index contributed by atoms with van der Waals surface area (Å²) >= 11 is 6.18. The number of benzene rings is 2. The molecule has 0 bridgehead atoms. The van der Waals surface area contributed by atoms with Gasteiger partial charge in [-0.1, -0.05) is 42.8 Å². The molecule has 0 spiro atoms. The number of rotatable bonds is 7. The second kappa shape index (κ2) is 9.37. The molecule has 3 aromatic rings. The molecule has 2 aromatic carbocycles. The van der Waals surface area contributed by atoms with E-state index in [1.54, 1.807) is 18.3 Å². The topological polar surface area (TPSA) is 54.8 Å². The van der Waals surface area contributed by atoms with Crippen LogP contribution in [0, 0.1) is 0 Å². The van der Waals surface area contributed by atoms with Gasteiger partial charge in [-0.05, 0) is 36.2 Å². The van der Waals surface area contributed by atoms with Crippen LogP contribution in [0.5, 0.6) is 17.4 Å². The zero-order valence-electron chi connectivity index (χ0n) is 16.9. The molecule has 6 heteroatoms. The number of hydrogen-bond acceptors (Lipinski definition) is 5. The van der Waals surface area contributed by atoms with E-state index in [2.05, 4.69) is 22.9 Å². The Kier molecular flexibility index (Phi) is 6.41. The molecule has 1 saturated heterocycles. The van der Waals surface area contributed by atoms with Gasteiger partial charge in [-0.25, -0.2) is 4.98 Å². The number of aryl methyl sites for hydroxylation is 1. The number of para-hydroxylation sites is 1. The third-order valence-electron chi connectivity index (χ3n) is 5.30. The molecule has 1 N–H and O–H groups in total. The van der Waals surface area contributed by atoms with Gasteiger partial charge in [0.15, 0.2) is 0 Å². The van der Waals surface area contributed by atoms with Gasteiger partial charge in [0.25, 0.3) is 0 Å². The fraction of sp³-hybridized carbons (Fsp3) is 0.292. The van der Waals surface area contributed by atoms with Gasteiger partial charge in [0, 0.05) is 36.5 Å². The Labute approximate surface area is 181 Å². The summed E-state index contributed by atoms with van der Waals surface area (Å²) in [6, 6.07) is 17.4. The molecule has 1 aliphatic rings. The van der Waals surface area contributed by atoms with E-state index >= 15 is 0 Å². The molecule has 156 valence electrons. The number of halogens is 1. The van der Waals surface area contributed by atoms with Crippen LogP contribution in [0.4, 0.5) is 5.69 Å². The number of pyridine rings is 1. The summed E-state index contributed by atoms with van der Waals surface area (Å²) in [5, 5.41) is 10.4. The van der Waals surface area contributed by atoms with Crippen molar-refractivity contribution in [1.82, 2.24) is 4.98 Å². The van der Waals surface area contributed by atoms with Crippen molar-refractivity contribution in [1.29, 1.82) is 0 Å². The molecule has 0 radical (unpaired) electrons. The maximum atomic E-state index is 9.85. The molecule has 1 atom stereocenters. The normalized spacial score (nSPS) is 16.0. The van der Waals surface area contributed by atoms with Crippen LogP contribution < -0.4 is 14.4 Å². The first-order valence-corrected chi connectivity index (χ1v) is 10.6. The highest BCUT2D eigenvalue weighted by atomic mass is 35.5. The van der Waals surface area contributed by atoms with Crippen LogP contribution in [0.2, 0.25) is 5.02 Å². The van der Waals surface area contributed by atoms with Crippen molar-refractivity contribution in [2.45, 2.75) is 32.5 Å². The van der Waals surface area contributed by atoms with Crippen molar-refractivity contribution in [2.75, 3.05) is 18.0 Å². The second-order valence-corrected chi connectivity index (χ2v) is 7.68. The largest absolute Gasteiger partial charge is 0.471 e. The number of nitrogens with zero attached hydrogens (tertiary/aromatic N) is 2. The molecule has 1 aromatic heterocycles. The van der Waals surface area contributed by atoms with Crippen molar-refractivity contribution >= 4 is 17.3 Å². The smallest absolute Gasteiger partial charge is 0.232 e. The Morgan fingerprint density at radius 2 is 2.00 bits per heavy atom. The van der Waals surface area contributed by atoms with Gasteiger partial charge in [-0.2, -0.15) is 0 Å². The summed E-state index contributed by atoms with van der Waals surface area (Å²) in [5.74, 6) is 2.07. The van der Waals surface area contributed by atoms with E-state index in [1.165, 1.54) is 0 Å². The minimum atomic E-state index is -0.0325. The summed E-state index contributed by atoms with van der Waals surface area (Å²) in [7, 11) is 0. The van der Waals surface area contributed by atoms with Crippen LogP contribution in [0.3, 0.4) is 0 Å². The highest BCUT2D eigenvalue weighted by Gasteiger charge is 2.27. The third kappa shape index (κ3) is 4.53. The van der Waals surface area contributed by atoms with E-state index in [9.17, 15) is 5.11 Å². The van der Waals surface area contributed by atoms with Gasteiger partial charge in [0.1, 0.15) is 22.6 Å². The quantitative estimate of drug-likeness (QED) is 0.562. The molecule has 0 aliphatic carbocycles. The van der Waals surface area contributed by atoms with Crippen LogP contribution in [0.1, 0.15) is 24.5 Å². The van der Waals surface area contributed by atoms with Crippen LogP contribution in [0.15, 0.2) is 60.8 Å². The Morgan fingerprint density at radius 1 is 1.13 bits per heavy atom. The first kappa shape index (κ1) is 20.5. The Hall–Kier alpha value is -2.76. The molecule has 0 amide bonds. The average molecular weight is 425 g/mol. The second-order valence-electron chi connectivity index (χ2n) is 7.28. The van der Waals surface area contributed by atoms with Crippen LogP contribution in [-0.4, -0.2) is 29.3 Å². The van der Waals surface area contributed by atoms with Gasteiger partial charge in [0.05, 0.1) is 13.2 Å². The van der Waals surface area contributed by atoms with E-state index in [4.69, 9.17) is 21.1 Å². The maximum Gasteiger partial charge on any atom is 0.232 e. The van der Waals surface area contributed by atoms with Crippen molar-refractivity contribution in [3.63, 3.8) is 0 Å². The van der Waals surface area contributed by atoms with Crippen molar-refractivity contribution < 1.29 is 14.6 Å². The van der Waals surface area contributed by atoms with E-state index in [0.717, 1.165) is 47.7 Å². The summed E-state index contributed by atoms with van der Waals surface area (Å²) in [4.78, 5) is 6.43. The first-order valence-electron chi connectivity index (χ1n) is 10.2. The average Bonchev–Trinajstić information content (AvgIpc) is 3.24. The molecule has 1 fully saturated rings. The fourth-order valence-electron chi connectivity index (χ4n) is 3.72. The van der Waals surface area contributed by atoms with E-state index in [0.29, 0.717) is 17.4 Å². The lowest BCUT2D eigenvalue weighted by Crippen LogP contribution is -2.25. The maximum absolute atomic E-state index is 9.85. The Bertz CT molecular complexity index is 1010. The highest BCUT2D eigenvalue weighted by molar-refractivity contribution is 6.31. The lowest BCUT2D eigenvalue weighted by Gasteiger charge is -2.23. The molecular formula is C24H25ClN2O3. The summed E-state index contributed by atoms with van der Waals surface area (Å²) < 4.78 is 12.2. The van der Waals surface area contributed by atoms with Crippen molar-refractivity contribution in [2.24, 2.45) is 0 Å². The number of ether oxygens (including phenoxy) is 2. The summed E-state index contributed by atoms with van der Waals surface area (Å²) in [6.07, 6.45) is 3.40. The van der Waals surface area contributed by atoms with Crippen LogP contribution in [-0.2, 0) is 13.0 Å². The molecule has 1 aliphatic heterocycles. The van der Waals surface area contributed by atoms with Gasteiger partial charge >= 0.3 is 0 Å². The lowest BCUT2D eigenvalue weighted by atomic mass is 10.1. The lowest BCUT2D eigenvalue weighted by molar-refractivity contribution is 0.216. The molecule has 5 nitrogen and oxygen atoms in total. The summed E-state index contributed by atoms with van der Waals surface area (Å²) in [6.45, 7) is 3.59. The number of aliphatic hydroxyl groups is 1. The molecule has 0 saturated carbocycles. The van der Waals surface area contributed by atoms with E-state index in [1.807, 2.05) is 36.4 Å². The first-order chi connectivity index (χ1) is 14.7. The van der Waals surface area contributed by atoms with Gasteiger partial charge in [0.2, 0.25) is 5.88 Å². The molecule has 30 heavy (non-hydrogen) atoms. The van der Waals surface area contributed by atoms with Crippen molar-refractivity contribution in [3.8, 4) is 17.4 Å².